The van der Waals surface area contributed by atoms with Gasteiger partial charge in [-0.15, -0.1) is 0 Å². The molecule has 5 nitrogen and oxygen atoms in total. The summed E-state index contributed by atoms with van der Waals surface area (Å²) in [5.74, 6) is 0.891. The molecule has 1 aromatic heterocycles. The molecule has 140 valence electrons. The molecule has 1 aliphatic rings. The van der Waals surface area contributed by atoms with Gasteiger partial charge in [0.2, 0.25) is 0 Å². The van der Waals surface area contributed by atoms with E-state index in [0.29, 0.717) is 24.7 Å². The molecule has 0 spiro atoms. The van der Waals surface area contributed by atoms with Gasteiger partial charge in [0, 0.05) is 24.6 Å². The van der Waals surface area contributed by atoms with E-state index in [4.69, 9.17) is 9.15 Å². The third-order valence-electron chi connectivity index (χ3n) is 5.22. The molecule has 0 atom stereocenters. The molecule has 0 saturated carbocycles. The molecule has 1 aromatic carbocycles. The third kappa shape index (κ3) is 4.34. The average molecular weight is 356 g/mol. The minimum Gasteiger partial charge on any atom is -0.451 e. The van der Waals surface area contributed by atoms with Gasteiger partial charge in [0.15, 0.2) is 5.76 Å². The summed E-state index contributed by atoms with van der Waals surface area (Å²) in [6, 6.07) is 11.8. The Hall–Kier alpha value is -2.11. The van der Waals surface area contributed by atoms with Crippen LogP contribution in [0.15, 0.2) is 40.8 Å². The highest BCUT2D eigenvalue weighted by Crippen LogP contribution is 2.28. The Morgan fingerprint density at radius 2 is 1.92 bits per heavy atom. The van der Waals surface area contributed by atoms with E-state index in [1.807, 2.05) is 18.2 Å². The Labute approximate surface area is 155 Å². The number of furan rings is 1. The van der Waals surface area contributed by atoms with Crippen molar-refractivity contribution >= 4 is 5.91 Å². The van der Waals surface area contributed by atoms with Gasteiger partial charge in [0.05, 0.1) is 6.61 Å². The van der Waals surface area contributed by atoms with Crippen LogP contribution in [0.3, 0.4) is 0 Å². The molecule has 2 N–H and O–H groups in total. The molecule has 0 radical (unpaired) electrons. The summed E-state index contributed by atoms with van der Waals surface area (Å²) in [4.78, 5) is 12.5. The van der Waals surface area contributed by atoms with E-state index in [1.165, 1.54) is 5.56 Å². The van der Waals surface area contributed by atoms with Gasteiger partial charge in [-0.3, -0.25) is 4.79 Å². The van der Waals surface area contributed by atoms with Crippen molar-refractivity contribution in [2.75, 3.05) is 33.4 Å². The molecule has 1 saturated heterocycles. The van der Waals surface area contributed by atoms with Gasteiger partial charge < -0.3 is 19.8 Å². The van der Waals surface area contributed by atoms with Gasteiger partial charge >= 0.3 is 0 Å². The van der Waals surface area contributed by atoms with Crippen LogP contribution in [0.4, 0.5) is 0 Å². The average Bonchev–Trinajstić information content (AvgIpc) is 3.17. The fourth-order valence-corrected chi connectivity index (χ4v) is 3.51. The predicted octanol–water partition coefficient (Wildman–Crippen LogP) is 3.26. The zero-order valence-electron chi connectivity index (χ0n) is 15.6. The third-order valence-corrected chi connectivity index (χ3v) is 5.22. The van der Waals surface area contributed by atoms with Crippen LogP contribution in [-0.4, -0.2) is 39.3 Å². The number of aryl methyl sites for hydroxylation is 1. The van der Waals surface area contributed by atoms with Gasteiger partial charge in [0.25, 0.3) is 5.91 Å². The molecule has 0 unspecified atom stereocenters. The first kappa shape index (κ1) is 18.7. The lowest BCUT2D eigenvalue weighted by Gasteiger charge is -2.37. The monoisotopic (exact) mass is 356 g/mol. The molecular weight excluding hydrogens is 328 g/mol. The van der Waals surface area contributed by atoms with Crippen LogP contribution < -0.4 is 10.6 Å². The van der Waals surface area contributed by atoms with Crippen LogP contribution in [0, 0.1) is 5.41 Å². The summed E-state index contributed by atoms with van der Waals surface area (Å²) in [6.07, 6.45) is 2.99. The highest BCUT2D eigenvalue weighted by molar-refractivity contribution is 5.92. The largest absolute Gasteiger partial charge is 0.451 e. The molecule has 3 rings (SSSR count). The molecule has 2 heterocycles. The number of hydrogen-bond donors (Lipinski definition) is 2. The van der Waals surface area contributed by atoms with Crippen LogP contribution in [0.2, 0.25) is 0 Å². The SMILES string of the molecule is CCc1ccc(-c2ccc(C(=O)NCC3(COC)CCNCC3)o2)cc1. The van der Waals surface area contributed by atoms with Crippen LogP contribution in [0.1, 0.15) is 35.9 Å². The summed E-state index contributed by atoms with van der Waals surface area (Å²) < 4.78 is 11.2. The number of amides is 1. The van der Waals surface area contributed by atoms with E-state index in [0.717, 1.165) is 37.9 Å². The number of piperidine rings is 1. The van der Waals surface area contributed by atoms with Crippen molar-refractivity contribution in [3.63, 3.8) is 0 Å². The van der Waals surface area contributed by atoms with Crippen LogP contribution in [0.5, 0.6) is 0 Å². The molecule has 0 aliphatic carbocycles. The number of rotatable bonds is 7. The van der Waals surface area contributed by atoms with Gasteiger partial charge in [-0.25, -0.2) is 0 Å². The van der Waals surface area contributed by atoms with Crippen LogP contribution in [0.25, 0.3) is 11.3 Å². The first-order valence-electron chi connectivity index (χ1n) is 9.33. The normalized spacial score (nSPS) is 16.4. The van der Waals surface area contributed by atoms with E-state index in [9.17, 15) is 4.79 Å². The fourth-order valence-electron chi connectivity index (χ4n) is 3.51. The standard InChI is InChI=1S/C21H28N2O3/c1-3-16-4-6-17(7-5-16)18-8-9-19(26-18)20(24)23-14-21(15-25-2)10-12-22-13-11-21/h4-9,22H,3,10-15H2,1-2H3,(H,23,24). The Balaban J connectivity index is 1.63. The van der Waals surface area contributed by atoms with Crippen molar-refractivity contribution in [1.29, 1.82) is 0 Å². The Morgan fingerprint density at radius 3 is 2.58 bits per heavy atom. The van der Waals surface area contributed by atoms with Crippen molar-refractivity contribution in [2.24, 2.45) is 5.41 Å². The Bertz CT molecular complexity index is 710. The number of carbonyl (C=O) groups excluding carboxylic acids is 1. The first-order valence-corrected chi connectivity index (χ1v) is 9.33. The molecule has 0 bridgehead atoms. The summed E-state index contributed by atoms with van der Waals surface area (Å²) >= 11 is 0. The maximum atomic E-state index is 12.5. The highest BCUT2D eigenvalue weighted by atomic mass is 16.5. The summed E-state index contributed by atoms with van der Waals surface area (Å²) in [6.45, 7) is 5.30. The lowest BCUT2D eigenvalue weighted by atomic mass is 9.79. The molecule has 1 fully saturated rings. The molecular formula is C21H28N2O3. The summed E-state index contributed by atoms with van der Waals surface area (Å²) in [7, 11) is 1.72. The van der Waals surface area contributed by atoms with Crippen molar-refractivity contribution < 1.29 is 13.9 Å². The van der Waals surface area contributed by atoms with E-state index in [-0.39, 0.29) is 11.3 Å². The lowest BCUT2D eigenvalue weighted by Crippen LogP contribution is -2.47. The zero-order valence-corrected chi connectivity index (χ0v) is 15.6. The van der Waals surface area contributed by atoms with E-state index >= 15 is 0 Å². The zero-order chi connectivity index (χ0) is 18.4. The summed E-state index contributed by atoms with van der Waals surface area (Å²) in [5, 5.41) is 6.40. The second-order valence-corrected chi connectivity index (χ2v) is 7.08. The van der Waals surface area contributed by atoms with E-state index in [1.54, 1.807) is 13.2 Å². The second kappa shape index (κ2) is 8.52. The van der Waals surface area contributed by atoms with E-state index < -0.39 is 0 Å². The lowest BCUT2D eigenvalue weighted by molar-refractivity contribution is 0.0506. The molecule has 5 heteroatoms. The molecule has 1 amide bonds. The van der Waals surface area contributed by atoms with Crippen molar-refractivity contribution in [3.05, 3.63) is 47.7 Å². The number of ether oxygens (including phenoxy) is 1. The molecule has 26 heavy (non-hydrogen) atoms. The summed E-state index contributed by atoms with van der Waals surface area (Å²) in [5.41, 5.74) is 2.26. The van der Waals surface area contributed by atoms with Crippen LogP contribution in [-0.2, 0) is 11.2 Å². The minimum atomic E-state index is -0.171. The van der Waals surface area contributed by atoms with Crippen LogP contribution >= 0.6 is 0 Å². The van der Waals surface area contributed by atoms with Crippen molar-refractivity contribution in [3.8, 4) is 11.3 Å². The van der Waals surface area contributed by atoms with Gasteiger partial charge in [0.1, 0.15) is 5.76 Å². The number of nitrogens with one attached hydrogen (secondary N) is 2. The van der Waals surface area contributed by atoms with Crippen molar-refractivity contribution in [2.45, 2.75) is 26.2 Å². The number of hydrogen-bond acceptors (Lipinski definition) is 4. The van der Waals surface area contributed by atoms with Crippen molar-refractivity contribution in [1.82, 2.24) is 10.6 Å². The number of carbonyl (C=O) groups is 1. The number of benzene rings is 1. The van der Waals surface area contributed by atoms with Gasteiger partial charge in [-0.2, -0.15) is 0 Å². The Morgan fingerprint density at radius 1 is 1.19 bits per heavy atom. The van der Waals surface area contributed by atoms with E-state index in [2.05, 4.69) is 29.7 Å². The molecule has 1 aliphatic heterocycles. The smallest absolute Gasteiger partial charge is 0.287 e. The minimum absolute atomic E-state index is 0.00106. The topological polar surface area (TPSA) is 63.5 Å². The fraction of sp³-hybridized carbons (Fsp3) is 0.476. The first-order chi connectivity index (χ1) is 12.7. The number of methoxy groups -OCH3 is 1. The highest BCUT2D eigenvalue weighted by Gasteiger charge is 2.32. The predicted molar refractivity (Wildman–Crippen MR) is 102 cm³/mol. The molecule has 2 aromatic rings. The second-order valence-electron chi connectivity index (χ2n) is 7.08. The Kier molecular flexibility index (Phi) is 6.12. The van der Waals surface area contributed by atoms with Gasteiger partial charge in [-0.1, -0.05) is 31.2 Å². The maximum absolute atomic E-state index is 12.5. The quantitative estimate of drug-likeness (QED) is 0.799. The maximum Gasteiger partial charge on any atom is 0.287 e. The van der Waals surface area contributed by atoms with Gasteiger partial charge in [-0.05, 0) is 50.0 Å².